The van der Waals surface area contributed by atoms with Gasteiger partial charge in [0.2, 0.25) is 10.0 Å². The van der Waals surface area contributed by atoms with Crippen LogP contribution in [0, 0.1) is 0 Å². The van der Waals surface area contributed by atoms with E-state index >= 15 is 0 Å². The number of H-pyrrole nitrogens is 1. The number of aromatic nitrogens is 2. The van der Waals surface area contributed by atoms with E-state index in [9.17, 15) is 13.2 Å². The third-order valence-electron chi connectivity index (χ3n) is 4.54. The standard InChI is InChI=1S/C16H21N3O4S/c1-18-14-6-5-12(24(22,23)19-9-3-2-4-10-19)11-13(14)17-15(18)7-8-16(20)21/h5-6,11H,2-4,7-10H2,1H3,(H,20,21)/p+1. The number of carboxylic acids is 1. The van der Waals surface area contributed by atoms with Crippen LogP contribution in [-0.2, 0) is 28.3 Å². The lowest BCUT2D eigenvalue weighted by Gasteiger charge is -2.25. The normalized spacial score (nSPS) is 16.5. The predicted octanol–water partition coefficient (Wildman–Crippen LogP) is 1.18. The van der Waals surface area contributed by atoms with E-state index in [0.29, 0.717) is 25.0 Å². The summed E-state index contributed by atoms with van der Waals surface area (Å²) >= 11 is 0. The number of carboxylic acid groups (broad SMARTS) is 1. The summed E-state index contributed by atoms with van der Waals surface area (Å²) in [6, 6.07) is 5.04. The number of benzene rings is 1. The Morgan fingerprint density at radius 3 is 2.67 bits per heavy atom. The van der Waals surface area contributed by atoms with Gasteiger partial charge in [-0.05, 0) is 25.0 Å². The van der Waals surface area contributed by atoms with Crippen molar-refractivity contribution in [2.45, 2.75) is 37.0 Å². The van der Waals surface area contributed by atoms with E-state index in [-0.39, 0.29) is 11.3 Å². The van der Waals surface area contributed by atoms with Crippen LogP contribution in [-0.4, -0.2) is 41.9 Å². The molecule has 0 saturated carbocycles. The first-order chi connectivity index (χ1) is 11.4. The minimum absolute atomic E-state index is 0.0274. The van der Waals surface area contributed by atoms with Gasteiger partial charge in [0.15, 0.2) is 11.0 Å². The summed E-state index contributed by atoms with van der Waals surface area (Å²) in [7, 11) is -1.63. The quantitative estimate of drug-likeness (QED) is 0.790. The van der Waals surface area contributed by atoms with Crippen LogP contribution in [0.2, 0.25) is 0 Å². The fourth-order valence-electron chi connectivity index (χ4n) is 3.16. The van der Waals surface area contributed by atoms with Crippen LogP contribution < -0.4 is 4.57 Å². The van der Waals surface area contributed by atoms with Crippen molar-refractivity contribution in [3.8, 4) is 0 Å². The first kappa shape index (κ1) is 16.9. The lowest BCUT2D eigenvalue weighted by Crippen LogP contribution is -2.35. The molecule has 1 aromatic heterocycles. The summed E-state index contributed by atoms with van der Waals surface area (Å²) in [5, 5.41) is 8.83. The van der Waals surface area contributed by atoms with Crippen molar-refractivity contribution in [2.24, 2.45) is 7.05 Å². The zero-order chi connectivity index (χ0) is 17.3. The van der Waals surface area contributed by atoms with Gasteiger partial charge in [-0.15, -0.1) is 0 Å². The summed E-state index contributed by atoms with van der Waals surface area (Å²) in [6.07, 6.45) is 3.27. The van der Waals surface area contributed by atoms with Crippen molar-refractivity contribution in [2.75, 3.05) is 13.1 Å². The molecule has 0 atom stereocenters. The van der Waals surface area contributed by atoms with Crippen LogP contribution in [0.4, 0.5) is 0 Å². The van der Waals surface area contributed by atoms with Gasteiger partial charge >= 0.3 is 5.97 Å². The van der Waals surface area contributed by atoms with Crippen molar-refractivity contribution in [3.05, 3.63) is 24.0 Å². The Morgan fingerprint density at radius 2 is 2.00 bits per heavy atom. The van der Waals surface area contributed by atoms with Crippen LogP contribution in [0.15, 0.2) is 23.1 Å². The number of nitrogens with one attached hydrogen (secondary N) is 1. The van der Waals surface area contributed by atoms with Crippen LogP contribution in [0.3, 0.4) is 0 Å². The number of aliphatic carboxylic acids is 1. The number of piperidine rings is 1. The maximum Gasteiger partial charge on any atom is 0.303 e. The molecule has 0 spiro atoms. The van der Waals surface area contributed by atoms with Crippen molar-refractivity contribution < 1.29 is 22.9 Å². The Hall–Kier alpha value is -1.93. The molecule has 0 unspecified atom stereocenters. The van der Waals surface area contributed by atoms with E-state index in [1.165, 1.54) is 0 Å². The molecule has 2 aromatic rings. The third-order valence-corrected chi connectivity index (χ3v) is 6.44. The first-order valence-corrected chi connectivity index (χ1v) is 9.56. The van der Waals surface area contributed by atoms with Gasteiger partial charge in [-0.2, -0.15) is 4.31 Å². The molecular weight excluding hydrogens is 330 g/mol. The van der Waals surface area contributed by atoms with Crippen molar-refractivity contribution in [1.29, 1.82) is 0 Å². The van der Waals surface area contributed by atoms with Gasteiger partial charge in [0.05, 0.1) is 24.8 Å². The van der Waals surface area contributed by atoms with Crippen LogP contribution in [0.5, 0.6) is 0 Å². The Bertz CT molecular complexity index is 867. The molecule has 1 fully saturated rings. The second-order valence-electron chi connectivity index (χ2n) is 6.17. The number of hydrogen-bond donors (Lipinski definition) is 2. The molecule has 1 saturated heterocycles. The Morgan fingerprint density at radius 1 is 1.29 bits per heavy atom. The van der Waals surface area contributed by atoms with Gasteiger partial charge in [-0.1, -0.05) is 6.42 Å². The Balaban J connectivity index is 1.94. The Kier molecular flexibility index (Phi) is 4.60. The molecule has 0 amide bonds. The summed E-state index contributed by atoms with van der Waals surface area (Å²) in [4.78, 5) is 14.2. The summed E-state index contributed by atoms with van der Waals surface area (Å²) in [5.41, 5.74) is 1.56. The molecule has 0 aliphatic carbocycles. The fraction of sp³-hybridized carbons (Fsp3) is 0.500. The predicted molar refractivity (Wildman–Crippen MR) is 88.0 cm³/mol. The highest BCUT2D eigenvalue weighted by molar-refractivity contribution is 7.89. The smallest absolute Gasteiger partial charge is 0.303 e. The highest BCUT2D eigenvalue weighted by Gasteiger charge is 2.27. The second kappa shape index (κ2) is 6.52. The van der Waals surface area contributed by atoms with Gasteiger partial charge in [0.1, 0.15) is 0 Å². The molecule has 2 heterocycles. The largest absolute Gasteiger partial charge is 0.481 e. The molecule has 1 aliphatic rings. The molecular formula is C16H22N3O4S+. The average Bonchev–Trinajstić information content (AvgIpc) is 2.89. The van der Waals surface area contributed by atoms with E-state index in [0.717, 1.165) is 30.6 Å². The maximum absolute atomic E-state index is 12.8. The number of rotatable bonds is 5. The molecule has 3 rings (SSSR count). The van der Waals surface area contributed by atoms with Gasteiger partial charge in [-0.25, -0.2) is 18.0 Å². The van der Waals surface area contributed by atoms with Crippen LogP contribution >= 0.6 is 0 Å². The number of hydrogen-bond acceptors (Lipinski definition) is 3. The SMILES string of the molecule is C[n+]1c(CCC(=O)O)[nH]c2cc(S(=O)(=O)N3CCCCC3)ccc21. The lowest BCUT2D eigenvalue weighted by molar-refractivity contribution is -0.652. The lowest BCUT2D eigenvalue weighted by atomic mass is 10.2. The van der Waals surface area contributed by atoms with Gasteiger partial charge in [-0.3, -0.25) is 4.79 Å². The maximum atomic E-state index is 12.8. The molecule has 1 aliphatic heterocycles. The average molecular weight is 352 g/mol. The fourth-order valence-corrected chi connectivity index (χ4v) is 4.71. The van der Waals surface area contributed by atoms with Crippen molar-refractivity contribution in [1.82, 2.24) is 9.29 Å². The summed E-state index contributed by atoms with van der Waals surface area (Å²) in [5.74, 6) is -0.0954. The van der Waals surface area contributed by atoms with E-state index in [4.69, 9.17) is 5.11 Å². The van der Waals surface area contributed by atoms with E-state index in [2.05, 4.69) is 4.98 Å². The van der Waals surface area contributed by atoms with Crippen molar-refractivity contribution in [3.63, 3.8) is 0 Å². The molecule has 0 bridgehead atoms. The van der Waals surface area contributed by atoms with E-state index in [1.807, 2.05) is 11.6 Å². The first-order valence-electron chi connectivity index (χ1n) is 8.12. The van der Waals surface area contributed by atoms with E-state index in [1.54, 1.807) is 22.5 Å². The molecule has 7 nitrogen and oxygen atoms in total. The number of aryl methyl sites for hydroxylation is 2. The number of carbonyl (C=O) groups is 1. The number of fused-ring (bicyclic) bond motifs is 1. The zero-order valence-corrected chi connectivity index (χ0v) is 14.5. The highest BCUT2D eigenvalue weighted by Crippen LogP contribution is 2.23. The number of nitrogens with zero attached hydrogens (tertiary/aromatic N) is 2. The summed E-state index contributed by atoms with van der Waals surface area (Å²) in [6.45, 7) is 1.14. The Labute approximate surface area is 141 Å². The third kappa shape index (κ3) is 3.16. The number of aromatic amines is 1. The molecule has 8 heteroatoms. The monoisotopic (exact) mass is 352 g/mol. The molecule has 24 heavy (non-hydrogen) atoms. The van der Waals surface area contributed by atoms with Crippen molar-refractivity contribution >= 4 is 27.0 Å². The highest BCUT2D eigenvalue weighted by atomic mass is 32.2. The van der Waals surface area contributed by atoms with Gasteiger partial charge < -0.3 is 5.11 Å². The van der Waals surface area contributed by atoms with E-state index < -0.39 is 16.0 Å². The van der Waals surface area contributed by atoms with Crippen LogP contribution in [0.1, 0.15) is 31.5 Å². The number of imidazole rings is 1. The summed E-state index contributed by atoms with van der Waals surface area (Å²) < 4.78 is 28.9. The van der Waals surface area contributed by atoms with Gasteiger partial charge in [0.25, 0.3) is 5.82 Å². The topological polar surface area (TPSA) is 94.3 Å². The van der Waals surface area contributed by atoms with Crippen LogP contribution in [0.25, 0.3) is 11.0 Å². The molecule has 130 valence electrons. The zero-order valence-electron chi connectivity index (χ0n) is 13.7. The second-order valence-corrected chi connectivity index (χ2v) is 8.11. The molecule has 1 aromatic carbocycles. The number of sulfonamides is 1. The molecule has 2 N–H and O–H groups in total. The van der Waals surface area contributed by atoms with Gasteiger partial charge in [0, 0.05) is 19.2 Å². The minimum Gasteiger partial charge on any atom is -0.481 e. The molecule has 0 radical (unpaired) electrons. The minimum atomic E-state index is -3.47.